The van der Waals surface area contributed by atoms with Gasteiger partial charge in [-0.05, 0) is 19.1 Å². The van der Waals surface area contributed by atoms with Crippen molar-refractivity contribution < 1.29 is 19.8 Å². The number of aryl methyl sites for hydroxylation is 1. The van der Waals surface area contributed by atoms with Crippen molar-refractivity contribution >= 4 is 23.6 Å². The zero-order valence-corrected chi connectivity index (χ0v) is 11.4. The molecule has 104 valence electrons. The minimum absolute atomic E-state index is 0.0102. The van der Waals surface area contributed by atoms with Gasteiger partial charge in [-0.3, -0.25) is 4.79 Å². The Morgan fingerprint density at radius 1 is 1.32 bits per heavy atom. The van der Waals surface area contributed by atoms with E-state index in [2.05, 4.69) is 5.32 Å². The van der Waals surface area contributed by atoms with Gasteiger partial charge < -0.3 is 15.5 Å². The molecule has 5 nitrogen and oxygen atoms in total. The molecule has 0 saturated carbocycles. The predicted octanol–water partition coefficient (Wildman–Crippen LogP) is 1.04. The summed E-state index contributed by atoms with van der Waals surface area (Å²) in [5.74, 6) is -1.18. The van der Waals surface area contributed by atoms with Crippen LogP contribution < -0.4 is 5.32 Å². The maximum atomic E-state index is 11.5. The van der Waals surface area contributed by atoms with Gasteiger partial charge in [0.2, 0.25) is 5.91 Å². The van der Waals surface area contributed by atoms with Crippen molar-refractivity contribution in [1.82, 2.24) is 5.32 Å². The highest BCUT2D eigenvalue weighted by molar-refractivity contribution is 8.00. The third-order valence-corrected chi connectivity index (χ3v) is 3.43. The second kappa shape index (κ2) is 7.81. The topological polar surface area (TPSA) is 86.6 Å². The normalized spacial score (nSPS) is 11.9. The third kappa shape index (κ3) is 6.26. The van der Waals surface area contributed by atoms with Crippen molar-refractivity contribution in [2.75, 3.05) is 12.3 Å². The molecule has 1 rings (SSSR count). The Hall–Kier alpha value is -1.53. The van der Waals surface area contributed by atoms with Gasteiger partial charge in [0.1, 0.15) is 0 Å². The summed E-state index contributed by atoms with van der Waals surface area (Å²) in [5.41, 5.74) is 1.16. The fourth-order valence-electron chi connectivity index (χ4n) is 1.31. The van der Waals surface area contributed by atoms with Gasteiger partial charge in [0.05, 0.1) is 5.75 Å². The zero-order chi connectivity index (χ0) is 14.3. The lowest BCUT2D eigenvalue weighted by Gasteiger charge is -2.07. The molecule has 0 fully saturated rings. The van der Waals surface area contributed by atoms with E-state index in [0.29, 0.717) is 0 Å². The van der Waals surface area contributed by atoms with Gasteiger partial charge in [-0.1, -0.05) is 17.7 Å². The summed E-state index contributed by atoms with van der Waals surface area (Å²) in [4.78, 5) is 22.8. The molecule has 1 aromatic carbocycles. The van der Waals surface area contributed by atoms with Crippen LogP contribution in [0, 0.1) is 6.92 Å². The maximum Gasteiger partial charge on any atom is 0.332 e. The first-order chi connectivity index (χ1) is 8.99. The average molecular weight is 283 g/mol. The number of hydrogen-bond donors (Lipinski definition) is 3. The number of nitrogens with one attached hydrogen (secondary N) is 1. The summed E-state index contributed by atoms with van der Waals surface area (Å²) < 4.78 is 0. The molecule has 0 aromatic heterocycles. The molecule has 0 radical (unpaired) electrons. The van der Waals surface area contributed by atoms with Crippen molar-refractivity contribution in [1.29, 1.82) is 0 Å². The summed E-state index contributed by atoms with van der Waals surface area (Å²) >= 11 is 1.41. The van der Waals surface area contributed by atoms with E-state index in [4.69, 9.17) is 10.2 Å². The van der Waals surface area contributed by atoms with Crippen LogP contribution in [0.1, 0.15) is 12.0 Å². The first-order valence-electron chi connectivity index (χ1n) is 5.86. The SMILES string of the molecule is Cc1ccc(SCC(=O)NCCC(O)C(=O)O)cc1. The minimum Gasteiger partial charge on any atom is -0.479 e. The molecule has 3 N–H and O–H groups in total. The number of carbonyl (C=O) groups excluding carboxylic acids is 1. The van der Waals surface area contributed by atoms with E-state index >= 15 is 0 Å². The highest BCUT2D eigenvalue weighted by Gasteiger charge is 2.12. The summed E-state index contributed by atoms with van der Waals surface area (Å²) in [6.45, 7) is 2.15. The number of carboxylic acids is 1. The monoisotopic (exact) mass is 283 g/mol. The molecule has 1 atom stereocenters. The van der Waals surface area contributed by atoms with Crippen molar-refractivity contribution in [2.45, 2.75) is 24.3 Å². The number of aliphatic hydroxyl groups is 1. The molecule has 19 heavy (non-hydrogen) atoms. The van der Waals surface area contributed by atoms with Crippen LogP contribution in [0.2, 0.25) is 0 Å². The molecule has 1 aromatic rings. The molecule has 0 spiro atoms. The molecule has 1 amide bonds. The number of rotatable bonds is 7. The largest absolute Gasteiger partial charge is 0.479 e. The van der Waals surface area contributed by atoms with E-state index in [9.17, 15) is 9.59 Å². The van der Waals surface area contributed by atoms with Gasteiger partial charge in [0.15, 0.2) is 6.10 Å². The Morgan fingerprint density at radius 3 is 2.53 bits per heavy atom. The van der Waals surface area contributed by atoms with Crippen LogP contribution in [-0.2, 0) is 9.59 Å². The number of aliphatic carboxylic acids is 1. The molecule has 0 heterocycles. The Morgan fingerprint density at radius 2 is 1.95 bits per heavy atom. The Bertz CT molecular complexity index is 433. The number of amides is 1. The Labute approximate surface area is 116 Å². The van der Waals surface area contributed by atoms with Crippen LogP contribution >= 0.6 is 11.8 Å². The summed E-state index contributed by atoms with van der Waals surface area (Å²) in [7, 11) is 0. The van der Waals surface area contributed by atoms with E-state index in [1.54, 1.807) is 0 Å². The van der Waals surface area contributed by atoms with Crippen LogP contribution in [0.3, 0.4) is 0 Å². The lowest BCUT2D eigenvalue weighted by atomic mass is 10.2. The fraction of sp³-hybridized carbons (Fsp3) is 0.385. The molecular weight excluding hydrogens is 266 g/mol. The second-order valence-corrected chi connectivity index (χ2v) is 5.14. The van der Waals surface area contributed by atoms with E-state index in [0.717, 1.165) is 10.5 Å². The Balaban J connectivity index is 2.21. The van der Waals surface area contributed by atoms with Crippen molar-refractivity contribution in [3.05, 3.63) is 29.8 Å². The number of carboxylic acid groups (broad SMARTS) is 1. The predicted molar refractivity (Wildman–Crippen MR) is 73.2 cm³/mol. The van der Waals surface area contributed by atoms with E-state index in [1.165, 1.54) is 11.8 Å². The lowest BCUT2D eigenvalue weighted by molar-refractivity contribution is -0.147. The Kier molecular flexibility index (Phi) is 6.38. The molecule has 1 unspecified atom stereocenters. The third-order valence-electron chi connectivity index (χ3n) is 2.42. The smallest absolute Gasteiger partial charge is 0.332 e. The quantitative estimate of drug-likeness (QED) is 0.651. The first-order valence-corrected chi connectivity index (χ1v) is 6.84. The van der Waals surface area contributed by atoms with Gasteiger partial charge in [0.25, 0.3) is 0 Å². The number of aliphatic hydroxyl groups excluding tert-OH is 1. The molecule has 0 aliphatic carbocycles. The van der Waals surface area contributed by atoms with Crippen LogP contribution in [0.15, 0.2) is 29.2 Å². The van der Waals surface area contributed by atoms with Crippen LogP contribution in [-0.4, -0.2) is 40.5 Å². The van der Waals surface area contributed by atoms with Crippen LogP contribution in [0.25, 0.3) is 0 Å². The summed E-state index contributed by atoms with van der Waals surface area (Å²) in [6.07, 6.45) is -1.42. The molecule has 6 heteroatoms. The zero-order valence-electron chi connectivity index (χ0n) is 10.6. The van der Waals surface area contributed by atoms with Gasteiger partial charge in [-0.25, -0.2) is 4.79 Å². The molecule has 0 bridgehead atoms. The van der Waals surface area contributed by atoms with Crippen molar-refractivity contribution in [3.8, 4) is 0 Å². The first kappa shape index (κ1) is 15.5. The van der Waals surface area contributed by atoms with Crippen molar-refractivity contribution in [3.63, 3.8) is 0 Å². The number of carbonyl (C=O) groups is 2. The number of hydrogen-bond acceptors (Lipinski definition) is 4. The van der Waals surface area contributed by atoms with Gasteiger partial charge in [-0.15, -0.1) is 11.8 Å². The second-order valence-electron chi connectivity index (χ2n) is 4.09. The average Bonchev–Trinajstić information content (AvgIpc) is 2.37. The van der Waals surface area contributed by atoms with Gasteiger partial charge >= 0.3 is 5.97 Å². The number of thioether (sulfide) groups is 1. The van der Waals surface area contributed by atoms with E-state index in [-0.39, 0.29) is 24.6 Å². The van der Waals surface area contributed by atoms with Gasteiger partial charge in [0, 0.05) is 17.9 Å². The van der Waals surface area contributed by atoms with Gasteiger partial charge in [-0.2, -0.15) is 0 Å². The van der Waals surface area contributed by atoms with Crippen LogP contribution in [0.5, 0.6) is 0 Å². The highest BCUT2D eigenvalue weighted by Crippen LogP contribution is 2.17. The van der Waals surface area contributed by atoms with E-state index in [1.807, 2.05) is 31.2 Å². The van der Waals surface area contributed by atoms with E-state index < -0.39 is 12.1 Å². The standard InChI is InChI=1S/C13H17NO4S/c1-9-2-4-10(5-3-9)19-8-12(16)14-7-6-11(15)13(17)18/h2-5,11,15H,6-8H2,1H3,(H,14,16)(H,17,18). The summed E-state index contributed by atoms with van der Waals surface area (Å²) in [6, 6.07) is 7.84. The fourth-order valence-corrected chi connectivity index (χ4v) is 2.03. The summed E-state index contributed by atoms with van der Waals surface area (Å²) in [5, 5.41) is 20.0. The molecular formula is C13H17NO4S. The molecule has 0 aliphatic rings. The lowest BCUT2D eigenvalue weighted by Crippen LogP contribution is -2.31. The van der Waals surface area contributed by atoms with Crippen LogP contribution in [0.4, 0.5) is 0 Å². The maximum absolute atomic E-state index is 11.5. The molecule has 0 aliphatic heterocycles. The highest BCUT2D eigenvalue weighted by atomic mass is 32.2. The minimum atomic E-state index is -1.43. The molecule has 0 saturated heterocycles. The number of benzene rings is 1. The van der Waals surface area contributed by atoms with Crippen molar-refractivity contribution in [2.24, 2.45) is 0 Å².